The molecule has 1 aliphatic rings. The van der Waals surface area contributed by atoms with Gasteiger partial charge >= 0.3 is 0 Å². The standard InChI is InChI=1S/C15H28OSi/c1-6-7-8-14-12(2)9-10-13(11-16)15(14)17(3,4)5/h9-10,12-13,16H,6-8,11H2,1-5H3/t12-,13-/m0/s1. The van der Waals surface area contributed by atoms with E-state index in [0.717, 1.165) is 0 Å². The Morgan fingerprint density at radius 2 is 1.88 bits per heavy atom. The first-order valence-corrected chi connectivity index (χ1v) is 10.4. The third-order valence-corrected chi connectivity index (χ3v) is 6.01. The van der Waals surface area contributed by atoms with Gasteiger partial charge in [0.25, 0.3) is 0 Å². The molecule has 0 aliphatic heterocycles. The highest BCUT2D eigenvalue weighted by Crippen LogP contribution is 2.37. The van der Waals surface area contributed by atoms with Gasteiger partial charge in [0, 0.05) is 5.92 Å². The molecule has 0 aromatic heterocycles. The molecular weight excluding hydrogens is 224 g/mol. The zero-order chi connectivity index (χ0) is 13.1. The molecular formula is C15H28OSi. The lowest BCUT2D eigenvalue weighted by Crippen LogP contribution is -2.34. The number of hydrogen-bond acceptors (Lipinski definition) is 1. The third kappa shape index (κ3) is 3.56. The van der Waals surface area contributed by atoms with Crippen molar-refractivity contribution in [1.29, 1.82) is 0 Å². The summed E-state index contributed by atoms with van der Waals surface area (Å²) in [4.78, 5) is 0. The monoisotopic (exact) mass is 252 g/mol. The van der Waals surface area contributed by atoms with Crippen molar-refractivity contribution in [3.8, 4) is 0 Å². The molecule has 0 heterocycles. The second-order valence-electron chi connectivity index (χ2n) is 6.26. The predicted molar refractivity (Wildman–Crippen MR) is 78.8 cm³/mol. The summed E-state index contributed by atoms with van der Waals surface area (Å²) in [6.45, 7) is 12.0. The van der Waals surface area contributed by atoms with Crippen LogP contribution in [0.15, 0.2) is 22.9 Å². The maximum Gasteiger partial charge on any atom is 0.0733 e. The maximum atomic E-state index is 9.59. The quantitative estimate of drug-likeness (QED) is 0.575. The minimum absolute atomic E-state index is 0.276. The molecule has 1 N–H and O–H groups in total. The van der Waals surface area contributed by atoms with Gasteiger partial charge in [-0.05, 0) is 18.8 Å². The number of rotatable bonds is 5. The lowest BCUT2D eigenvalue weighted by atomic mass is 9.86. The lowest BCUT2D eigenvalue weighted by molar-refractivity contribution is 0.269. The van der Waals surface area contributed by atoms with E-state index in [1.54, 1.807) is 10.8 Å². The molecule has 0 saturated heterocycles. The van der Waals surface area contributed by atoms with Crippen LogP contribution in [0.3, 0.4) is 0 Å². The summed E-state index contributed by atoms with van der Waals surface area (Å²) in [6, 6.07) is 0. The summed E-state index contributed by atoms with van der Waals surface area (Å²) in [6.07, 6.45) is 8.27. The minimum Gasteiger partial charge on any atom is -0.395 e. The highest BCUT2D eigenvalue weighted by Gasteiger charge is 2.31. The molecule has 2 heteroatoms. The molecule has 17 heavy (non-hydrogen) atoms. The normalized spacial score (nSPS) is 25.5. The van der Waals surface area contributed by atoms with Crippen LogP contribution in [-0.2, 0) is 0 Å². The number of allylic oxidation sites excluding steroid dienone is 2. The van der Waals surface area contributed by atoms with E-state index in [-0.39, 0.29) is 6.61 Å². The van der Waals surface area contributed by atoms with Gasteiger partial charge in [-0.2, -0.15) is 0 Å². The molecule has 0 aromatic carbocycles. The second-order valence-corrected chi connectivity index (χ2v) is 11.3. The predicted octanol–water partition coefficient (Wildman–Crippen LogP) is 4.17. The smallest absolute Gasteiger partial charge is 0.0733 e. The van der Waals surface area contributed by atoms with Crippen LogP contribution in [-0.4, -0.2) is 19.8 Å². The molecule has 0 amide bonds. The van der Waals surface area contributed by atoms with Crippen LogP contribution in [0, 0.1) is 11.8 Å². The lowest BCUT2D eigenvalue weighted by Gasteiger charge is -2.35. The number of aliphatic hydroxyl groups excluding tert-OH is 1. The average molecular weight is 252 g/mol. The Bertz CT molecular complexity index is 309. The van der Waals surface area contributed by atoms with Gasteiger partial charge in [-0.1, -0.05) is 62.8 Å². The zero-order valence-corrected chi connectivity index (χ0v) is 13.1. The summed E-state index contributed by atoms with van der Waals surface area (Å²) < 4.78 is 0. The molecule has 0 saturated carbocycles. The molecule has 0 aromatic rings. The van der Waals surface area contributed by atoms with Crippen LogP contribution in [0.5, 0.6) is 0 Å². The van der Waals surface area contributed by atoms with Gasteiger partial charge in [0.1, 0.15) is 0 Å². The fourth-order valence-electron chi connectivity index (χ4n) is 2.92. The number of hydrogen-bond donors (Lipinski definition) is 1. The Morgan fingerprint density at radius 1 is 1.24 bits per heavy atom. The Hall–Kier alpha value is -0.343. The number of aliphatic hydroxyl groups is 1. The topological polar surface area (TPSA) is 20.2 Å². The first kappa shape index (κ1) is 14.7. The summed E-state index contributed by atoms with van der Waals surface area (Å²) in [5.74, 6) is 0.871. The van der Waals surface area contributed by atoms with Gasteiger partial charge in [0.2, 0.25) is 0 Å². The second kappa shape index (κ2) is 6.01. The van der Waals surface area contributed by atoms with Crippen LogP contribution in [0.4, 0.5) is 0 Å². The van der Waals surface area contributed by atoms with Gasteiger partial charge in [-0.25, -0.2) is 0 Å². The van der Waals surface area contributed by atoms with Crippen molar-refractivity contribution in [2.45, 2.75) is 52.8 Å². The molecule has 2 atom stereocenters. The highest BCUT2D eigenvalue weighted by atomic mass is 28.3. The minimum atomic E-state index is -1.33. The van der Waals surface area contributed by atoms with E-state index in [4.69, 9.17) is 0 Å². The molecule has 0 spiro atoms. The van der Waals surface area contributed by atoms with Crippen molar-refractivity contribution in [1.82, 2.24) is 0 Å². The van der Waals surface area contributed by atoms with Crippen LogP contribution in [0.2, 0.25) is 19.6 Å². The first-order chi connectivity index (χ1) is 7.91. The Labute approximate surface area is 108 Å². The van der Waals surface area contributed by atoms with E-state index >= 15 is 0 Å². The third-order valence-electron chi connectivity index (χ3n) is 3.70. The largest absolute Gasteiger partial charge is 0.395 e. The van der Waals surface area contributed by atoms with Gasteiger partial charge in [-0.15, -0.1) is 0 Å². The van der Waals surface area contributed by atoms with Gasteiger partial charge in [-0.3, -0.25) is 0 Å². The SMILES string of the molecule is CCCCC1=C([Si](C)(C)C)[C@H](CO)C=C[C@@H]1C. The molecule has 0 bridgehead atoms. The fourth-order valence-corrected chi connectivity index (χ4v) is 5.53. The van der Waals surface area contributed by atoms with E-state index in [1.807, 2.05) is 0 Å². The van der Waals surface area contributed by atoms with Gasteiger partial charge in [0.05, 0.1) is 14.7 Å². The maximum absolute atomic E-state index is 9.59. The summed E-state index contributed by atoms with van der Waals surface area (Å²) in [5.41, 5.74) is 1.63. The van der Waals surface area contributed by atoms with Crippen molar-refractivity contribution in [3.63, 3.8) is 0 Å². The van der Waals surface area contributed by atoms with Crippen molar-refractivity contribution >= 4 is 8.07 Å². The summed E-state index contributed by atoms with van der Waals surface area (Å²) in [5, 5.41) is 11.2. The van der Waals surface area contributed by atoms with Crippen molar-refractivity contribution in [3.05, 3.63) is 22.9 Å². The zero-order valence-electron chi connectivity index (χ0n) is 12.1. The van der Waals surface area contributed by atoms with Gasteiger partial charge in [0.15, 0.2) is 0 Å². The summed E-state index contributed by atoms with van der Waals surface area (Å²) in [7, 11) is -1.33. The van der Waals surface area contributed by atoms with E-state index < -0.39 is 8.07 Å². The number of unbranched alkanes of at least 4 members (excludes halogenated alkanes) is 1. The van der Waals surface area contributed by atoms with Crippen LogP contribution >= 0.6 is 0 Å². The van der Waals surface area contributed by atoms with Crippen LogP contribution in [0.25, 0.3) is 0 Å². The average Bonchev–Trinajstić information content (AvgIpc) is 2.25. The molecule has 1 aliphatic carbocycles. The van der Waals surface area contributed by atoms with Crippen molar-refractivity contribution in [2.24, 2.45) is 11.8 Å². The molecule has 0 radical (unpaired) electrons. The molecule has 0 fully saturated rings. The fraction of sp³-hybridized carbons (Fsp3) is 0.733. The molecule has 0 unspecified atom stereocenters. The van der Waals surface area contributed by atoms with Crippen molar-refractivity contribution < 1.29 is 5.11 Å². The summed E-state index contributed by atoms with van der Waals surface area (Å²) >= 11 is 0. The molecule has 98 valence electrons. The van der Waals surface area contributed by atoms with Crippen LogP contribution in [0.1, 0.15) is 33.1 Å². The first-order valence-electron chi connectivity index (χ1n) is 6.94. The van der Waals surface area contributed by atoms with Gasteiger partial charge < -0.3 is 5.11 Å². The van der Waals surface area contributed by atoms with E-state index in [0.29, 0.717) is 11.8 Å². The Morgan fingerprint density at radius 3 is 2.35 bits per heavy atom. The molecule has 1 rings (SSSR count). The molecule has 1 nitrogen and oxygen atoms in total. The van der Waals surface area contributed by atoms with E-state index in [1.165, 1.54) is 19.3 Å². The Balaban J connectivity index is 3.10. The highest BCUT2D eigenvalue weighted by molar-refractivity contribution is 6.83. The van der Waals surface area contributed by atoms with E-state index in [2.05, 4.69) is 45.6 Å². The van der Waals surface area contributed by atoms with Crippen LogP contribution < -0.4 is 0 Å². The Kier molecular flexibility index (Phi) is 5.20. The van der Waals surface area contributed by atoms with Crippen molar-refractivity contribution in [2.75, 3.05) is 6.61 Å². The van der Waals surface area contributed by atoms with E-state index in [9.17, 15) is 5.11 Å².